The van der Waals surface area contributed by atoms with E-state index in [1.54, 1.807) is 0 Å². The summed E-state index contributed by atoms with van der Waals surface area (Å²) in [6, 6.07) is 8.89. The van der Waals surface area contributed by atoms with E-state index in [9.17, 15) is 0 Å². The molecule has 0 bridgehead atoms. The Balaban J connectivity index is 1.68. The first-order valence-corrected chi connectivity index (χ1v) is 10.1. The zero-order chi connectivity index (χ0) is 19.5. The highest BCUT2D eigenvalue weighted by atomic mass is 16.5. The third-order valence-corrected chi connectivity index (χ3v) is 4.75. The lowest BCUT2D eigenvalue weighted by molar-refractivity contribution is 0.225. The van der Waals surface area contributed by atoms with Crippen LogP contribution in [0.1, 0.15) is 32.3 Å². The van der Waals surface area contributed by atoms with Crippen LogP contribution < -0.4 is 15.4 Å². The summed E-state index contributed by atoms with van der Waals surface area (Å²) in [6.07, 6.45) is 5.24. The lowest BCUT2D eigenvalue weighted by Crippen LogP contribution is -2.49. The smallest absolute Gasteiger partial charge is 0.191 e. The Morgan fingerprint density at radius 3 is 2.59 bits per heavy atom. The molecule has 1 aliphatic rings. The largest absolute Gasteiger partial charge is 0.493 e. The second-order valence-electron chi connectivity index (χ2n) is 7.61. The number of aliphatic imine (C=N–C) groups is 1. The molecule has 0 aliphatic carbocycles. The number of piperidine rings is 1. The SMILES string of the molecule is C=CCN1CCC(NC(=NC)NCCc2ccc(OCC(C)C)cc2)CC1. The van der Waals surface area contributed by atoms with Gasteiger partial charge in [0.2, 0.25) is 0 Å². The summed E-state index contributed by atoms with van der Waals surface area (Å²) in [5.74, 6) is 2.39. The Morgan fingerprint density at radius 2 is 2.00 bits per heavy atom. The summed E-state index contributed by atoms with van der Waals surface area (Å²) in [5.41, 5.74) is 1.30. The van der Waals surface area contributed by atoms with Crippen molar-refractivity contribution in [2.24, 2.45) is 10.9 Å². The van der Waals surface area contributed by atoms with Crippen molar-refractivity contribution in [3.05, 3.63) is 42.5 Å². The van der Waals surface area contributed by atoms with Gasteiger partial charge in [0.15, 0.2) is 5.96 Å². The molecule has 5 heteroatoms. The van der Waals surface area contributed by atoms with Gasteiger partial charge in [0.25, 0.3) is 0 Å². The Bertz CT molecular complexity index is 574. The molecule has 150 valence electrons. The first-order valence-electron chi connectivity index (χ1n) is 10.1. The van der Waals surface area contributed by atoms with Crippen molar-refractivity contribution < 1.29 is 4.74 Å². The average molecular weight is 373 g/mol. The van der Waals surface area contributed by atoms with Gasteiger partial charge in [-0.05, 0) is 42.9 Å². The quantitative estimate of drug-likeness (QED) is 0.397. The van der Waals surface area contributed by atoms with Gasteiger partial charge >= 0.3 is 0 Å². The number of ether oxygens (including phenoxy) is 1. The third-order valence-electron chi connectivity index (χ3n) is 4.75. The second-order valence-corrected chi connectivity index (χ2v) is 7.61. The van der Waals surface area contributed by atoms with Crippen LogP contribution >= 0.6 is 0 Å². The van der Waals surface area contributed by atoms with Crippen LogP contribution in [-0.4, -0.2) is 56.7 Å². The van der Waals surface area contributed by atoms with Crippen LogP contribution in [0.2, 0.25) is 0 Å². The number of benzene rings is 1. The third kappa shape index (κ3) is 8.04. The monoisotopic (exact) mass is 372 g/mol. The molecule has 1 heterocycles. The lowest BCUT2D eigenvalue weighted by Gasteiger charge is -2.32. The van der Waals surface area contributed by atoms with E-state index in [1.807, 2.05) is 13.1 Å². The molecule has 5 nitrogen and oxygen atoms in total. The molecule has 1 aliphatic heterocycles. The van der Waals surface area contributed by atoms with Crippen LogP contribution in [0.15, 0.2) is 41.9 Å². The molecule has 1 aromatic carbocycles. The highest BCUT2D eigenvalue weighted by molar-refractivity contribution is 5.79. The summed E-state index contributed by atoms with van der Waals surface area (Å²) >= 11 is 0. The second kappa shape index (κ2) is 11.7. The maximum atomic E-state index is 5.74. The molecule has 1 aromatic rings. The van der Waals surface area contributed by atoms with Gasteiger partial charge in [0.05, 0.1) is 6.61 Å². The van der Waals surface area contributed by atoms with Gasteiger partial charge < -0.3 is 15.4 Å². The van der Waals surface area contributed by atoms with Crippen LogP contribution in [0.5, 0.6) is 5.75 Å². The number of nitrogens with one attached hydrogen (secondary N) is 2. The minimum Gasteiger partial charge on any atom is -0.493 e. The molecule has 2 rings (SSSR count). The van der Waals surface area contributed by atoms with Crippen molar-refractivity contribution >= 4 is 5.96 Å². The predicted octanol–water partition coefficient (Wildman–Crippen LogP) is 3.08. The normalized spacial score (nSPS) is 16.4. The fourth-order valence-corrected chi connectivity index (χ4v) is 3.17. The standard InChI is InChI=1S/C22H36N4O/c1-5-14-26-15-11-20(12-16-26)25-22(23-4)24-13-10-19-6-8-21(9-7-19)27-17-18(2)3/h5-9,18,20H,1,10-17H2,2-4H3,(H2,23,24,25). The maximum absolute atomic E-state index is 5.74. The predicted molar refractivity (Wildman–Crippen MR) is 115 cm³/mol. The Labute approximate surface area is 164 Å². The number of hydrogen-bond acceptors (Lipinski definition) is 3. The molecular weight excluding hydrogens is 336 g/mol. The van der Waals surface area contributed by atoms with Gasteiger partial charge in [-0.15, -0.1) is 6.58 Å². The number of likely N-dealkylation sites (tertiary alicyclic amines) is 1. The lowest BCUT2D eigenvalue weighted by atomic mass is 10.1. The van der Waals surface area contributed by atoms with Gasteiger partial charge in [-0.1, -0.05) is 32.1 Å². The van der Waals surface area contributed by atoms with Gasteiger partial charge in [0.1, 0.15) is 5.75 Å². The van der Waals surface area contributed by atoms with Gasteiger partial charge in [-0.3, -0.25) is 9.89 Å². The number of nitrogens with zero attached hydrogens (tertiary/aromatic N) is 2. The van der Waals surface area contributed by atoms with Crippen LogP contribution in [0, 0.1) is 5.92 Å². The topological polar surface area (TPSA) is 48.9 Å². The Morgan fingerprint density at radius 1 is 1.30 bits per heavy atom. The van der Waals surface area contributed by atoms with Crippen molar-refractivity contribution in [3.8, 4) is 5.75 Å². The molecule has 0 radical (unpaired) electrons. The highest BCUT2D eigenvalue weighted by Gasteiger charge is 2.18. The van der Waals surface area contributed by atoms with E-state index in [1.165, 1.54) is 5.56 Å². The fourth-order valence-electron chi connectivity index (χ4n) is 3.17. The molecular formula is C22H36N4O. The summed E-state index contributed by atoms with van der Waals surface area (Å²) in [5, 5.41) is 6.99. The molecule has 1 saturated heterocycles. The van der Waals surface area contributed by atoms with Crippen LogP contribution in [0.4, 0.5) is 0 Å². The summed E-state index contributed by atoms with van der Waals surface area (Å²) in [7, 11) is 1.84. The van der Waals surface area contributed by atoms with E-state index < -0.39 is 0 Å². The molecule has 0 amide bonds. The van der Waals surface area contributed by atoms with Gasteiger partial charge in [-0.25, -0.2) is 0 Å². The van der Waals surface area contributed by atoms with E-state index in [4.69, 9.17) is 4.74 Å². The van der Waals surface area contributed by atoms with E-state index in [0.29, 0.717) is 12.0 Å². The minimum atomic E-state index is 0.495. The van der Waals surface area contributed by atoms with Crippen molar-refractivity contribution in [3.63, 3.8) is 0 Å². The minimum absolute atomic E-state index is 0.495. The zero-order valence-electron chi connectivity index (χ0n) is 17.2. The Kier molecular flexibility index (Phi) is 9.19. The van der Waals surface area contributed by atoms with E-state index >= 15 is 0 Å². The van der Waals surface area contributed by atoms with Crippen molar-refractivity contribution in [1.29, 1.82) is 0 Å². The Hall–Kier alpha value is -2.01. The first-order chi connectivity index (χ1) is 13.1. The fraction of sp³-hybridized carbons (Fsp3) is 0.591. The number of rotatable bonds is 9. The van der Waals surface area contributed by atoms with Gasteiger partial charge in [-0.2, -0.15) is 0 Å². The van der Waals surface area contributed by atoms with E-state index in [0.717, 1.165) is 63.8 Å². The van der Waals surface area contributed by atoms with Crippen molar-refractivity contribution in [2.75, 3.05) is 39.8 Å². The molecule has 0 atom stereocenters. The number of hydrogen-bond donors (Lipinski definition) is 2. The molecule has 0 unspecified atom stereocenters. The molecule has 0 aromatic heterocycles. The molecule has 2 N–H and O–H groups in total. The zero-order valence-corrected chi connectivity index (χ0v) is 17.2. The molecule has 0 spiro atoms. The van der Waals surface area contributed by atoms with Gasteiger partial charge in [0, 0.05) is 39.3 Å². The van der Waals surface area contributed by atoms with Crippen LogP contribution in [-0.2, 0) is 6.42 Å². The first kappa shape index (κ1) is 21.3. The molecule has 1 fully saturated rings. The molecule has 27 heavy (non-hydrogen) atoms. The highest BCUT2D eigenvalue weighted by Crippen LogP contribution is 2.13. The maximum Gasteiger partial charge on any atom is 0.191 e. The molecule has 0 saturated carbocycles. The van der Waals surface area contributed by atoms with Crippen LogP contribution in [0.25, 0.3) is 0 Å². The average Bonchev–Trinajstić information content (AvgIpc) is 2.68. The van der Waals surface area contributed by atoms with Crippen LogP contribution in [0.3, 0.4) is 0 Å². The van der Waals surface area contributed by atoms with Crippen molar-refractivity contribution in [1.82, 2.24) is 15.5 Å². The summed E-state index contributed by atoms with van der Waals surface area (Å²) in [6.45, 7) is 13.0. The van der Waals surface area contributed by atoms with E-state index in [-0.39, 0.29) is 0 Å². The summed E-state index contributed by atoms with van der Waals surface area (Å²) in [4.78, 5) is 6.81. The van der Waals surface area contributed by atoms with Crippen molar-refractivity contribution in [2.45, 2.75) is 39.2 Å². The number of guanidine groups is 1. The van der Waals surface area contributed by atoms with E-state index in [2.05, 4.69) is 65.2 Å². The summed E-state index contributed by atoms with van der Waals surface area (Å²) < 4.78 is 5.74.